The van der Waals surface area contributed by atoms with Crippen molar-refractivity contribution in [2.75, 3.05) is 37.6 Å². The average Bonchev–Trinajstić information content (AvgIpc) is 2.54. The number of aryl methyl sites for hydroxylation is 1. The Hall–Kier alpha value is -2.01. The van der Waals surface area contributed by atoms with Crippen LogP contribution in [0.1, 0.15) is 11.4 Å². The van der Waals surface area contributed by atoms with Crippen molar-refractivity contribution in [2.24, 2.45) is 0 Å². The Morgan fingerprint density at radius 2 is 1.95 bits per heavy atom. The number of hydrogen-bond acceptors (Lipinski definition) is 5. The summed E-state index contributed by atoms with van der Waals surface area (Å²) < 4.78 is 0. The number of aromatic nitrogens is 3. The van der Waals surface area contributed by atoms with Gasteiger partial charge in [0, 0.05) is 56.7 Å². The molecule has 0 N–H and O–H groups in total. The molecule has 3 heterocycles. The summed E-state index contributed by atoms with van der Waals surface area (Å²) in [5.74, 6) is 1.03. The normalized spacial score (nSPS) is 16.1. The lowest BCUT2D eigenvalue weighted by atomic mass is 10.2. The molecule has 110 valence electrons. The Balaban J connectivity index is 1.48. The molecular weight excluding hydrogens is 262 g/mol. The van der Waals surface area contributed by atoms with Crippen molar-refractivity contribution in [1.82, 2.24) is 19.9 Å². The largest absolute Gasteiger partial charge is 0.354 e. The molecule has 0 aliphatic carbocycles. The van der Waals surface area contributed by atoms with Crippen LogP contribution in [0.25, 0.3) is 0 Å². The molecule has 1 fully saturated rings. The van der Waals surface area contributed by atoms with Gasteiger partial charge in [-0.3, -0.25) is 9.88 Å². The Kier molecular flexibility index (Phi) is 4.40. The zero-order chi connectivity index (χ0) is 14.5. The highest BCUT2D eigenvalue weighted by atomic mass is 15.3. The number of piperazine rings is 1. The van der Waals surface area contributed by atoms with Crippen LogP contribution in [-0.4, -0.2) is 52.6 Å². The van der Waals surface area contributed by atoms with Gasteiger partial charge < -0.3 is 4.90 Å². The van der Waals surface area contributed by atoms with Crippen LogP contribution in [0.2, 0.25) is 0 Å². The van der Waals surface area contributed by atoms with Gasteiger partial charge in [-0.2, -0.15) is 0 Å². The van der Waals surface area contributed by atoms with E-state index >= 15 is 0 Å². The van der Waals surface area contributed by atoms with Gasteiger partial charge in [-0.1, -0.05) is 6.07 Å². The smallest absolute Gasteiger partial charge is 0.131 e. The molecule has 1 aliphatic rings. The van der Waals surface area contributed by atoms with E-state index in [2.05, 4.69) is 36.9 Å². The monoisotopic (exact) mass is 283 g/mol. The van der Waals surface area contributed by atoms with Crippen LogP contribution >= 0.6 is 0 Å². The van der Waals surface area contributed by atoms with Gasteiger partial charge in [-0.25, -0.2) is 9.97 Å². The van der Waals surface area contributed by atoms with Crippen molar-refractivity contribution in [3.63, 3.8) is 0 Å². The maximum Gasteiger partial charge on any atom is 0.131 e. The molecule has 0 aromatic carbocycles. The Labute approximate surface area is 125 Å². The average molecular weight is 283 g/mol. The third-order valence-electron chi connectivity index (χ3n) is 3.89. The summed E-state index contributed by atoms with van der Waals surface area (Å²) in [5, 5.41) is 0. The zero-order valence-corrected chi connectivity index (χ0v) is 12.4. The van der Waals surface area contributed by atoms with Crippen LogP contribution < -0.4 is 4.90 Å². The lowest BCUT2D eigenvalue weighted by molar-refractivity contribution is 0.259. The predicted octanol–water partition coefficient (Wildman–Crippen LogP) is 1.54. The summed E-state index contributed by atoms with van der Waals surface area (Å²) in [7, 11) is 0. The van der Waals surface area contributed by atoms with Crippen LogP contribution in [0.4, 0.5) is 5.82 Å². The van der Waals surface area contributed by atoms with Gasteiger partial charge in [0.1, 0.15) is 12.1 Å². The van der Waals surface area contributed by atoms with Gasteiger partial charge in [0.05, 0.1) is 0 Å². The van der Waals surface area contributed by atoms with E-state index in [1.165, 1.54) is 5.69 Å². The highest BCUT2D eigenvalue weighted by molar-refractivity contribution is 5.36. The van der Waals surface area contributed by atoms with Gasteiger partial charge in [-0.15, -0.1) is 0 Å². The minimum absolute atomic E-state index is 1.02. The van der Waals surface area contributed by atoms with Crippen LogP contribution in [0.3, 0.4) is 0 Å². The van der Waals surface area contributed by atoms with Gasteiger partial charge in [0.25, 0.3) is 0 Å². The molecule has 0 spiro atoms. The van der Waals surface area contributed by atoms with E-state index in [4.69, 9.17) is 0 Å². The fraction of sp³-hybridized carbons (Fsp3) is 0.438. The van der Waals surface area contributed by atoms with Crippen LogP contribution in [0.5, 0.6) is 0 Å². The van der Waals surface area contributed by atoms with Crippen LogP contribution in [0, 0.1) is 6.92 Å². The second-order valence-electron chi connectivity index (χ2n) is 5.42. The third kappa shape index (κ3) is 3.76. The number of pyridine rings is 1. The standard InChI is InChI=1S/C16H21N5/c1-14-3-2-4-15(19-14)6-8-20-9-11-21(12-10-20)16-5-7-17-13-18-16/h2-5,7,13H,6,8-12H2,1H3. The van der Waals surface area contributed by atoms with Crippen molar-refractivity contribution in [3.8, 4) is 0 Å². The van der Waals surface area contributed by atoms with E-state index in [0.717, 1.165) is 50.7 Å². The highest BCUT2D eigenvalue weighted by Gasteiger charge is 2.17. The SMILES string of the molecule is Cc1cccc(CCN2CCN(c3ccncn3)CC2)n1. The van der Waals surface area contributed by atoms with E-state index < -0.39 is 0 Å². The zero-order valence-electron chi connectivity index (χ0n) is 12.4. The summed E-state index contributed by atoms with van der Waals surface area (Å²) in [6, 6.07) is 8.23. The first-order valence-corrected chi connectivity index (χ1v) is 7.47. The maximum absolute atomic E-state index is 4.57. The summed E-state index contributed by atoms with van der Waals surface area (Å²) in [4.78, 5) is 17.7. The summed E-state index contributed by atoms with van der Waals surface area (Å²) in [6.45, 7) is 7.33. The third-order valence-corrected chi connectivity index (χ3v) is 3.89. The van der Waals surface area contributed by atoms with E-state index in [1.807, 2.05) is 19.1 Å². The van der Waals surface area contributed by atoms with Crippen molar-refractivity contribution in [2.45, 2.75) is 13.3 Å². The van der Waals surface area contributed by atoms with Gasteiger partial charge in [0.2, 0.25) is 0 Å². The van der Waals surface area contributed by atoms with Gasteiger partial charge >= 0.3 is 0 Å². The molecule has 2 aromatic heterocycles. The fourth-order valence-corrected chi connectivity index (χ4v) is 2.68. The Bertz CT molecular complexity index is 564. The first kappa shape index (κ1) is 13.9. The first-order chi connectivity index (χ1) is 10.3. The topological polar surface area (TPSA) is 45.2 Å². The lowest BCUT2D eigenvalue weighted by Gasteiger charge is -2.35. The molecule has 1 saturated heterocycles. The second kappa shape index (κ2) is 6.63. The molecule has 1 aliphatic heterocycles. The van der Waals surface area contributed by atoms with Crippen LogP contribution in [-0.2, 0) is 6.42 Å². The minimum Gasteiger partial charge on any atom is -0.354 e. The molecule has 0 amide bonds. The molecule has 5 heteroatoms. The molecule has 0 unspecified atom stereocenters. The predicted molar refractivity (Wildman–Crippen MR) is 83.4 cm³/mol. The quantitative estimate of drug-likeness (QED) is 0.852. The number of rotatable bonds is 4. The molecule has 5 nitrogen and oxygen atoms in total. The number of hydrogen-bond donors (Lipinski definition) is 0. The van der Waals surface area contributed by atoms with Crippen molar-refractivity contribution < 1.29 is 0 Å². The van der Waals surface area contributed by atoms with Crippen molar-refractivity contribution >= 4 is 5.82 Å². The van der Waals surface area contributed by atoms with Gasteiger partial charge in [-0.05, 0) is 25.1 Å². The number of nitrogens with zero attached hydrogens (tertiary/aromatic N) is 5. The Morgan fingerprint density at radius 3 is 2.67 bits per heavy atom. The summed E-state index contributed by atoms with van der Waals surface area (Å²) in [6.07, 6.45) is 4.44. The molecule has 2 aromatic rings. The molecule has 21 heavy (non-hydrogen) atoms. The molecule has 3 rings (SSSR count). The van der Waals surface area contributed by atoms with E-state index in [9.17, 15) is 0 Å². The second-order valence-corrected chi connectivity index (χ2v) is 5.42. The summed E-state index contributed by atoms with van der Waals surface area (Å²) in [5.41, 5.74) is 2.29. The lowest BCUT2D eigenvalue weighted by Crippen LogP contribution is -2.47. The minimum atomic E-state index is 1.02. The molecule has 0 atom stereocenters. The highest BCUT2D eigenvalue weighted by Crippen LogP contribution is 2.12. The Morgan fingerprint density at radius 1 is 1.10 bits per heavy atom. The van der Waals surface area contributed by atoms with E-state index in [-0.39, 0.29) is 0 Å². The fourth-order valence-electron chi connectivity index (χ4n) is 2.68. The summed E-state index contributed by atoms with van der Waals surface area (Å²) >= 11 is 0. The molecule has 0 saturated carbocycles. The molecular formula is C16H21N5. The van der Waals surface area contributed by atoms with Crippen LogP contribution in [0.15, 0.2) is 36.8 Å². The molecule has 0 bridgehead atoms. The van der Waals surface area contributed by atoms with E-state index in [1.54, 1.807) is 12.5 Å². The van der Waals surface area contributed by atoms with E-state index in [0.29, 0.717) is 0 Å². The number of anilines is 1. The van der Waals surface area contributed by atoms with Gasteiger partial charge in [0.15, 0.2) is 0 Å². The first-order valence-electron chi connectivity index (χ1n) is 7.47. The van der Waals surface area contributed by atoms with Crippen molar-refractivity contribution in [3.05, 3.63) is 48.2 Å². The molecule has 0 radical (unpaired) electrons. The van der Waals surface area contributed by atoms with Crippen molar-refractivity contribution in [1.29, 1.82) is 0 Å². The maximum atomic E-state index is 4.57.